The normalized spacial score (nSPS) is 11.6. The number of benzene rings is 4. The minimum Gasteiger partial charge on any atom is -0.324 e. The van der Waals surface area contributed by atoms with Gasteiger partial charge in [0, 0.05) is 18.5 Å². The van der Waals surface area contributed by atoms with E-state index < -0.39 is 0 Å². The van der Waals surface area contributed by atoms with Crippen molar-refractivity contribution in [2.75, 3.05) is 0 Å². The van der Waals surface area contributed by atoms with E-state index in [0.29, 0.717) is 17.6 Å². The van der Waals surface area contributed by atoms with Gasteiger partial charge in [-0.05, 0) is 41.0 Å². The van der Waals surface area contributed by atoms with Gasteiger partial charge in [-0.1, -0.05) is 80.1 Å². The molecule has 0 amide bonds. The van der Waals surface area contributed by atoms with E-state index in [0.717, 1.165) is 52.9 Å². The molecule has 0 unspecified atom stereocenters. The Morgan fingerprint density at radius 3 is 2.46 bits per heavy atom. The average Bonchev–Trinajstić information content (AvgIpc) is 3.24. The molecule has 0 spiro atoms. The number of fused-ring (bicyclic) bond motifs is 3. The van der Waals surface area contributed by atoms with Crippen LogP contribution >= 0.6 is 0 Å². The summed E-state index contributed by atoms with van der Waals surface area (Å²) in [6, 6.07) is 28.9. The SMILES string of the molecule is CCCCn1c(-c2ccc3ccccc3c2)nc2cc3[nH]c(=O)c(Cc4ccccc4)nc3cc21. The zero-order valence-electron chi connectivity index (χ0n) is 19.7. The molecule has 0 bridgehead atoms. The largest absolute Gasteiger partial charge is 0.324 e. The number of H-pyrrole nitrogens is 1. The second kappa shape index (κ2) is 8.84. The van der Waals surface area contributed by atoms with Crippen molar-refractivity contribution in [1.82, 2.24) is 19.5 Å². The molecule has 0 aliphatic carbocycles. The Kier molecular flexibility index (Phi) is 5.38. The lowest BCUT2D eigenvalue weighted by atomic mass is 10.1. The zero-order chi connectivity index (χ0) is 23.8. The average molecular weight is 459 g/mol. The van der Waals surface area contributed by atoms with Crippen molar-refractivity contribution in [2.45, 2.75) is 32.7 Å². The van der Waals surface area contributed by atoms with Crippen LogP contribution in [0.3, 0.4) is 0 Å². The molecule has 2 aromatic heterocycles. The van der Waals surface area contributed by atoms with Gasteiger partial charge in [-0.2, -0.15) is 0 Å². The highest BCUT2D eigenvalue weighted by atomic mass is 16.1. The summed E-state index contributed by atoms with van der Waals surface area (Å²) in [4.78, 5) is 25.6. The van der Waals surface area contributed by atoms with E-state index in [2.05, 4.69) is 65.0 Å². The number of hydrogen-bond acceptors (Lipinski definition) is 3. The molecule has 0 aliphatic heterocycles. The number of unbranched alkanes of at least 4 members (excludes halogenated alkanes) is 1. The summed E-state index contributed by atoms with van der Waals surface area (Å²) in [5, 5.41) is 2.41. The van der Waals surface area contributed by atoms with Gasteiger partial charge in [0.25, 0.3) is 5.56 Å². The lowest BCUT2D eigenvalue weighted by Gasteiger charge is -2.10. The zero-order valence-corrected chi connectivity index (χ0v) is 19.7. The summed E-state index contributed by atoms with van der Waals surface area (Å²) in [6.07, 6.45) is 2.65. The van der Waals surface area contributed by atoms with Crippen molar-refractivity contribution in [3.05, 3.63) is 107 Å². The van der Waals surface area contributed by atoms with Gasteiger partial charge < -0.3 is 9.55 Å². The molecule has 4 aromatic carbocycles. The molecule has 35 heavy (non-hydrogen) atoms. The molecular weight excluding hydrogens is 432 g/mol. The van der Waals surface area contributed by atoms with Gasteiger partial charge in [0.2, 0.25) is 0 Å². The highest BCUT2D eigenvalue weighted by Gasteiger charge is 2.16. The highest BCUT2D eigenvalue weighted by molar-refractivity contribution is 5.94. The second-order valence-electron chi connectivity index (χ2n) is 9.04. The predicted molar refractivity (Wildman–Crippen MR) is 143 cm³/mol. The van der Waals surface area contributed by atoms with Crippen LogP contribution < -0.4 is 5.56 Å². The summed E-state index contributed by atoms with van der Waals surface area (Å²) in [5.41, 5.74) is 5.93. The number of imidazole rings is 1. The van der Waals surface area contributed by atoms with Crippen LogP contribution in [0.2, 0.25) is 0 Å². The van der Waals surface area contributed by atoms with E-state index in [1.807, 2.05) is 36.4 Å². The van der Waals surface area contributed by atoms with Gasteiger partial charge in [-0.15, -0.1) is 0 Å². The molecule has 1 N–H and O–H groups in total. The van der Waals surface area contributed by atoms with Gasteiger partial charge in [0.15, 0.2) is 0 Å². The van der Waals surface area contributed by atoms with Crippen LogP contribution in [0, 0.1) is 0 Å². The smallest absolute Gasteiger partial charge is 0.270 e. The fraction of sp³-hybridized carbons (Fsp3) is 0.167. The van der Waals surface area contributed by atoms with Gasteiger partial charge in [0.05, 0.1) is 22.1 Å². The van der Waals surface area contributed by atoms with Crippen molar-refractivity contribution in [3.63, 3.8) is 0 Å². The van der Waals surface area contributed by atoms with Crippen LogP contribution in [0.25, 0.3) is 44.2 Å². The number of hydrogen-bond donors (Lipinski definition) is 1. The van der Waals surface area contributed by atoms with Crippen molar-refractivity contribution < 1.29 is 0 Å². The minimum atomic E-state index is -0.152. The van der Waals surface area contributed by atoms with E-state index in [9.17, 15) is 4.79 Å². The third kappa shape index (κ3) is 3.99. The Morgan fingerprint density at radius 1 is 0.829 bits per heavy atom. The first-order valence-electron chi connectivity index (χ1n) is 12.2. The van der Waals surface area contributed by atoms with Crippen molar-refractivity contribution >= 4 is 32.8 Å². The molecule has 0 atom stereocenters. The fourth-order valence-corrected chi connectivity index (χ4v) is 4.74. The number of nitrogens with one attached hydrogen (secondary N) is 1. The number of rotatable bonds is 6. The maximum Gasteiger partial charge on any atom is 0.270 e. The maximum atomic E-state index is 12.8. The van der Waals surface area contributed by atoms with Crippen LogP contribution in [-0.4, -0.2) is 19.5 Å². The fourth-order valence-electron chi connectivity index (χ4n) is 4.74. The molecule has 2 heterocycles. The van der Waals surface area contributed by atoms with E-state index in [-0.39, 0.29) is 5.56 Å². The third-order valence-electron chi connectivity index (χ3n) is 6.59. The molecule has 0 fully saturated rings. The monoisotopic (exact) mass is 458 g/mol. The lowest BCUT2D eigenvalue weighted by molar-refractivity contribution is 0.651. The summed E-state index contributed by atoms with van der Waals surface area (Å²) in [6.45, 7) is 3.08. The van der Waals surface area contributed by atoms with E-state index in [1.165, 1.54) is 10.8 Å². The molecule has 6 aromatic rings. The molecule has 0 aliphatic rings. The standard InChI is InChI=1S/C30H26N4O/c1-2-3-15-34-28-19-25-24(33-30(35)27(31-25)16-20-9-5-4-6-10-20)18-26(28)32-29(34)23-14-13-21-11-7-8-12-22(21)17-23/h4-14,17-19H,2-3,15-16H2,1H3,(H,33,35). The molecule has 172 valence electrons. The van der Waals surface area contributed by atoms with Crippen LogP contribution in [0.1, 0.15) is 31.0 Å². The summed E-state index contributed by atoms with van der Waals surface area (Å²) in [5.74, 6) is 0.946. The Morgan fingerprint density at radius 2 is 1.63 bits per heavy atom. The predicted octanol–water partition coefficient (Wildman–Crippen LogP) is 6.48. The van der Waals surface area contributed by atoms with Crippen LogP contribution in [0.15, 0.2) is 89.7 Å². The number of aromatic amines is 1. The molecule has 0 saturated carbocycles. The molecule has 6 rings (SSSR count). The topological polar surface area (TPSA) is 63.6 Å². The summed E-state index contributed by atoms with van der Waals surface area (Å²) < 4.78 is 2.30. The number of aromatic nitrogens is 4. The highest BCUT2D eigenvalue weighted by Crippen LogP contribution is 2.30. The van der Waals surface area contributed by atoms with Gasteiger partial charge in [0.1, 0.15) is 11.5 Å². The van der Waals surface area contributed by atoms with Crippen molar-refractivity contribution in [1.29, 1.82) is 0 Å². The van der Waals surface area contributed by atoms with Crippen molar-refractivity contribution in [2.24, 2.45) is 0 Å². The van der Waals surface area contributed by atoms with Crippen LogP contribution in [0.4, 0.5) is 0 Å². The molecule has 5 nitrogen and oxygen atoms in total. The third-order valence-corrected chi connectivity index (χ3v) is 6.59. The van der Waals surface area contributed by atoms with Gasteiger partial charge in [-0.3, -0.25) is 4.79 Å². The first kappa shape index (κ1) is 21.3. The van der Waals surface area contributed by atoms with Crippen LogP contribution in [-0.2, 0) is 13.0 Å². The first-order chi connectivity index (χ1) is 17.2. The number of aryl methyl sites for hydroxylation is 1. The van der Waals surface area contributed by atoms with Crippen LogP contribution in [0.5, 0.6) is 0 Å². The Balaban J connectivity index is 1.51. The molecule has 0 saturated heterocycles. The summed E-state index contributed by atoms with van der Waals surface area (Å²) >= 11 is 0. The van der Waals surface area contributed by atoms with E-state index >= 15 is 0 Å². The molecular formula is C30H26N4O. The first-order valence-corrected chi connectivity index (χ1v) is 12.2. The van der Waals surface area contributed by atoms with E-state index in [1.54, 1.807) is 0 Å². The van der Waals surface area contributed by atoms with Gasteiger partial charge >= 0.3 is 0 Å². The minimum absolute atomic E-state index is 0.152. The Hall–Kier alpha value is -4.25. The Labute approximate surface area is 203 Å². The lowest BCUT2D eigenvalue weighted by Crippen LogP contribution is -2.15. The quantitative estimate of drug-likeness (QED) is 0.310. The molecule has 5 heteroatoms. The Bertz CT molecular complexity index is 1730. The maximum absolute atomic E-state index is 12.8. The van der Waals surface area contributed by atoms with E-state index in [4.69, 9.17) is 9.97 Å². The summed E-state index contributed by atoms with van der Waals surface area (Å²) in [7, 11) is 0. The molecule has 0 radical (unpaired) electrons. The van der Waals surface area contributed by atoms with Gasteiger partial charge in [-0.25, -0.2) is 9.97 Å². The second-order valence-corrected chi connectivity index (χ2v) is 9.04. The van der Waals surface area contributed by atoms with Crippen molar-refractivity contribution in [3.8, 4) is 11.4 Å². The number of nitrogens with zero attached hydrogens (tertiary/aromatic N) is 3.